The predicted molar refractivity (Wildman–Crippen MR) is 81.1 cm³/mol. The summed E-state index contributed by atoms with van der Waals surface area (Å²) in [5.74, 6) is 0.580. The molecule has 0 saturated carbocycles. The summed E-state index contributed by atoms with van der Waals surface area (Å²) in [7, 11) is 0. The van der Waals surface area contributed by atoms with Crippen molar-refractivity contribution in [1.29, 1.82) is 0 Å². The van der Waals surface area contributed by atoms with Gasteiger partial charge in [0.25, 0.3) is 0 Å². The smallest absolute Gasteiger partial charge is 0.215 e. The third kappa shape index (κ3) is 4.45. The minimum atomic E-state index is -0.0244. The molecule has 0 unspecified atom stereocenters. The van der Waals surface area contributed by atoms with E-state index in [0.29, 0.717) is 21.6 Å². The van der Waals surface area contributed by atoms with E-state index in [1.54, 1.807) is 19.1 Å². The molecule has 1 aromatic carbocycles. The van der Waals surface area contributed by atoms with Gasteiger partial charge in [0.2, 0.25) is 5.88 Å². The molecule has 3 N–H and O–H groups in total. The van der Waals surface area contributed by atoms with Gasteiger partial charge in [-0.3, -0.25) is 0 Å². The molecule has 0 atom stereocenters. The first-order valence-corrected chi connectivity index (χ1v) is 6.62. The summed E-state index contributed by atoms with van der Waals surface area (Å²) in [6.07, 6.45) is 0. The van der Waals surface area contributed by atoms with Gasteiger partial charge in [-0.25, -0.2) is 4.98 Å². The summed E-state index contributed by atoms with van der Waals surface area (Å²) in [5, 5.41) is 10.6. The number of anilines is 1. The molecule has 0 saturated heterocycles. The maximum atomic E-state index is 9.38. The Hall–Kier alpha value is -1.17. The second-order valence-corrected chi connectivity index (χ2v) is 5.14. The van der Waals surface area contributed by atoms with Crippen LogP contribution in [0.2, 0.25) is 5.02 Å². The van der Waals surface area contributed by atoms with Gasteiger partial charge in [-0.2, -0.15) is 4.98 Å². The molecular formula is C12H13Cl2N3OS. The van der Waals surface area contributed by atoms with Crippen LogP contribution in [0.4, 0.5) is 5.69 Å². The first kappa shape index (κ1) is 15.9. The fourth-order valence-electron chi connectivity index (χ4n) is 1.44. The predicted octanol–water partition coefficient (Wildman–Crippen LogP) is 3.44. The lowest BCUT2D eigenvalue weighted by Gasteiger charge is -2.05. The number of hydrogen-bond donors (Lipinski definition) is 2. The zero-order chi connectivity index (χ0) is 13.1. The lowest BCUT2D eigenvalue weighted by molar-refractivity contribution is 0.444. The number of halogens is 2. The van der Waals surface area contributed by atoms with Crippen molar-refractivity contribution in [3.8, 4) is 5.88 Å². The summed E-state index contributed by atoms with van der Waals surface area (Å²) in [6.45, 7) is 1.80. The van der Waals surface area contributed by atoms with Crippen LogP contribution in [0.15, 0.2) is 29.4 Å². The normalized spacial score (nSPS) is 10.0. The summed E-state index contributed by atoms with van der Waals surface area (Å²) >= 11 is 7.47. The maximum absolute atomic E-state index is 9.38. The Labute approximate surface area is 126 Å². The van der Waals surface area contributed by atoms with Gasteiger partial charge in [0, 0.05) is 28.2 Å². The van der Waals surface area contributed by atoms with Crippen molar-refractivity contribution in [2.24, 2.45) is 0 Å². The molecule has 2 aromatic rings. The zero-order valence-corrected chi connectivity index (χ0v) is 12.5. The molecule has 0 fully saturated rings. The highest BCUT2D eigenvalue weighted by molar-refractivity contribution is 7.98. The molecule has 102 valence electrons. The zero-order valence-electron chi connectivity index (χ0n) is 10.1. The number of aromatic hydroxyl groups is 1. The summed E-state index contributed by atoms with van der Waals surface area (Å²) < 4.78 is 0. The Balaban J connectivity index is 0.00000180. The molecule has 0 aliphatic rings. The van der Waals surface area contributed by atoms with Gasteiger partial charge in [-0.15, -0.1) is 12.4 Å². The van der Waals surface area contributed by atoms with Crippen LogP contribution in [0.25, 0.3) is 0 Å². The second-order valence-electron chi connectivity index (χ2n) is 3.79. The first-order chi connectivity index (χ1) is 8.54. The Morgan fingerprint density at radius 3 is 2.74 bits per heavy atom. The first-order valence-electron chi connectivity index (χ1n) is 5.26. The lowest BCUT2D eigenvalue weighted by Crippen LogP contribution is -1.92. The SMILES string of the molecule is Cc1cc(O)nc(SCc2cc(N)ccc2Cl)n1.Cl. The molecule has 19 heavy (non-hydrogen) atoms. The van der Waals surface area contributed by atoms with Gasteiger partial charge >= 0.3 is 0 Å². The van der Waals surface area contributed by atoms with E-state index in [0.717, 1.165) is 11.3 Å². The van der Waals surface area contributed by atoms with Crippen LogP contribution in [0.3, 0.4) is 0 Å². The summed E-state index contributed by atoms with van der Waals surface area (Å²) in [5.41, 5.74) is 8.02. The van der Waals surface area contributed by atoms with Crippen LogP contribution in [0.1, 0.15) is 11.3 Å². The van der Waals surface area contributed by atoms with E-state index < -0.39 is 0 Å². The number of nitrogen functional groups attached to an aromatic ring is 1. The molecule has 0 spiro atoms. The topological polar surface area (TPSA) is 72.0 Å². The van der Waals surface area contributed by atoms with Crippen LogP contribution in [-0.2, 0) is 5.75 Å². The van der Waals surface area contributed by atoms with Crippen LogP contribution in [0.5, 0.6) is 5.88 Å². The quantitative estimate of drug-likeness (QED) is 0.515. The average molecular weight is 318 g/mol. The number of aromatic nitrogens is 2. The summed E-state index contributed by atoms with van der Waals surface area (Å²) in [6, 6.07) is 6.86. The fraction of sp³-hybridized carbons (Fsp3) is 0.167. The van der Waals surface area contributed by atoms with Crippen molar-refractivity contribution in [3.63, 3.8) is 0 Å². The molecule has 0 bridgehead atoms. The van der Waals surface area contributed by atoms with Crippen LogP contribution in [0, 0.1) is 6.92 Å². The number of aryl methyl sites for hydroxylation is 1. The van der Waals surface area contributed by atoms with E-state index in [9.17, 15) is 5.11 Å². The molecular weight excluding hydrogens is 305 g/mol. The molecule has 7 heteroatoms. The van der Waals surface area contributed by atoms with Crippen molar-refractivity contribution in [2.45, 2.75) is 17.8 Å². The van der Waals surface area contributed by atoms with Crippen molar-refractivity contribution in [3.05, 3.63) is 40.5 Å². The molecule has 0 amide bonds. The van der Waals surface area contributed by atoms with Gasteiger partial charge in [0.05, 0.1) is 0 Å². The van der Waals surface area contributed by atoms with E-state index >= 15 is 0 Å². The molecule has 0 aliphatic carbocycles. The molecule has 4 nitrogen and oxygen atoms in total. The highest BCUT2D eigenvalue weighted by Gasteiger charge is 2.05. The second kappa shape index (κ2) is 6.84. The van der Waals surface area contributed by atoms with Crippen molar-refractivity contribution in [1.82, 2.24) is 9.97 Å². The van der Waals surface area contributed by atoms with Gasteiger partial charge < -0.3 is 10.8 Å². The number of nitrogens with two attached hydrogens (primary N) is 1. The highest BCUT2D eigenvalue weighted by Crippen LogP contribution is 2.27. The maximum Gasteiger partial charge on any atom is 0.215 e. The largest absolute Gasteiger partial charge is 0.493 e. The van der Waals surface area contributed by atoms with Crippen molar-refractivity contribution >= 4 is 41.5 Å². The van der Waals surface area contributed by atoms with Crippen molar-refractivity contribution < 1.29 is 5.11 Å². The molecule has 1 heterocycles. The van der Waals surface area contributed by atoms with Gasteiger partial charge in [-0.05, 0) is 30.7 Å². The highest BCUT2D eigenvalue weighted by atomic mass is 35.5. The minimum Gasteiger partial charge on any atom is -0.493 e. The molecule has 0 aliphatic heterocycles. The molecule has 0 radical (unpaired) electrons. The van der Waals surface area contributed by atoms with Gasteiger partial charge in [-0.1, -0.05) is 23.4 Å². The average Bonchev–Trinajstić information content (AvgIpc) is 2.29. The van der Waals surface area contributed by atoms with Crippen LogP contribution in [-0.4, -0.2) is 15.1 Å². The number of rotatable bonds is 3. The number of nitrogens with zero attached hydrogens (tertiary/aromatic N) is 2. The van der Waals surface area contributed by atoms with E-state index in [1.807, 2.05) is 6.07 Å². The monoisotopic (exact) mass is 317 g/mol. The van der Waals surface area contributed by atoms with Crippen LogP contribution >= 0.6 is 35.8 Å². The molecule has 1 aromatic heterocycles. The van der Waals surface area contributed by atoms with Crippen LogP contribution < -0.4 is 5.73 Å². The molecule has 2 rings (SSSR count). The standard InChI is InChI=1S/C12H12ClN3OS.ClH/c1-7-4-11(17)16-12(15-7)18-6-8-5-9(14)2-3-10(8)13;/h2-5H,6,14H2,1H3,(H,15,16,17);1H. The van der Waals surface area contributed by atoms with Crippen molar-refractivity contribution in [2.75, 3.05) is 5.73 Å². The lowest BCUT2D eigenvalue weighted by atomic mass is 10.2. The van der Waals surface area contributed by atoms with E-state index in [2.05, 4.69) is 9.97 Å². The third-order valence-corrected chi connectivity index (χ3v) is 3.51. The van der Waals surface area contributed by atoms with Gasteiger partial charge in [0.1, 0.15) is 0 Å². The Bertz CT molecular complexity index is 561. The number of benzene rings is 1. The third-order valence-electron chi connectivity index (χ3n) is 2.25. The number of hydrogen-bond acceptors (Lipinski definition) is 5. The van der Waals surface area contributed by atoms with E-state index in [1.165, 1.54) is 17.8 Å². The van der Waals surface area contributed by atoms with E-state index in [-0.39, 0.29) is 18.3 Å². The minimum absolute atomic E-state index is 0. The van der Waals surface area contributed by atoms with E-state index in [4.69, 9.17) is 17.3 Å². The number of thioether (sulfide) groups is 1. The van der Waals surface area contributed by atoms with Gasteiger partial charge in [0.15, 0.2) is 5.16 Å². The summed E-state index contributed by atoms with van der Waals surface area (Å²) in [4.78, 5) is 8.15. The Morgan fingerprint density at radius 1 is 1.32 bits per heavy atom. The Morgan fingerprint density at radius 2 is 2.05 bits per heavy atom. The fourth-order valence-corrected chi connectivity index (χ4v) is 2.59. The Kier molecular flexibility index (Phi) is 5.72.